The van der Waals surface area contributed by atoms with Gasteiger partial charge in [0.25, 0.3) is 15.9 Å². The Kier molecular flexibility index (Phi) is 6.27. The van der Waals surface area contributed by atoms with E-state index in [1.807, 2.05) is 18.2 Å². The number of nitrogens with zero attached hydrogens (tertiary/aromatic N) is 1. The second kappa shape index (κ2) is 8.51. The van der Waals surface area contributed by atoms with Crippen LogP contribution in [0.5, 0.6) is 0 Å². The summed E-state index contributed by atoms with van der Waals surface area (Å²) in [5, 5.41) is 2.94. The van der Waals surface area contributed by atoms with E-state index in [1.165, 1.54) is 21.3 Å². The zero-order valence-electron chi connectivity index (χ0n) is 16.0. The molecule has 1 heterocycles. The zero-order valence-corrected chi connectivity index (χ0v) is 17.6. The monoisotopic (exact) mass is 422 g/mol. The molecule has 2 aromatic carbocycles. The predicted octanol–water partition coefficient (Wildman–Crippen LogP) is 1.36. The maximum absolute atomic E-state index is 13.2. The van der Waals surface area contributed by atoms with Crippen LogP contribution in [0.3, 0.4) is 0 Å². The fourth-order valence-electron chi connectivity index (χ4n) is 3.26. The Labute approximate surface area is 171 Å². The molecule has 6 nitrogen and oxygen atoms in total. The normalized spacial score (nSPS) is 13.6. The number of halogens is 1. The summed E-state index contributed by atoms with van der Waals surface area (Å²) in [6, 6.07) is 11.8. The average molecular weight is 423 g/mol. The van der Waals surface area contributed by atoms with Crippen molar-refractivity contribution >= 4 is 33.2 Å². The van der Waals surface area contributed by atoms with Crippen molar-refractivity contribution in [1.82, 2.24) is 5.32 Å². The molecular weight excluding hydrogens is 398 g/mol. The minimum atomic E-state index is -3.86. The third-order valence-corrected chi connectivity index (χ3v) is 7.04. The number of amides is 1. The summed E-state index contributed by atoms with van der Waals surface area (Å²) in [5.74, 6) is -0.302. The first-order valence-corrected chi connectivity index (χ1v) is 11.1. The van der Waals surface area contributed by atoms with Gasteiger partial charge in [-0.05, 0) is 36.2 Å². The molecule has 0 unspecified atom stereocenters. The summed E-state index contributed by atoms with van der Waals surface area (Å²) in [5.41, 5.74) is 1.94. The Bertz CT molecular complexity index is 976. The van der Waals surface area contributed by atoms with Crippen LogP contribution >= 0.6 is 11.6 Å². The van der Waals surface area contributed by atoms with Crippen molar-refractivity contribution in [2.24, 2.45) is 0 Å². The van der Waals surface area contributed by atoms with E-state index >= 15 is 0 Å². The number of fused-ring (bicyclic) bond motifs is 1. The van der Waals surface area contributed by atoms with Gasteiger partial charge in [-0.2, -0.15) is 0 Å². The Hall–Kier alpha value is -2.09. The van der Waals surface area contributed by atoms with Crippen LogP contribution < -0.4 is 14.5 Å². The smallest absolute Gasteiger partial charge is 0.265 e. The Morgan fingerprint density at radius 3 is 2.71 bits per heavy atom. The molecule has 0 saturated carbocycles. The van der Waals surface area contributed by atoms with Crippen LogP contribution in [0.2, 0.25) is 5.02 Å². The van der Waals surface area contributed by atoms with Gasteiger partial charge >= 0.3 is 0 Å². The summed E-state index contributed by atoms with van der Waals surface area (Å²) < 4.78 is 27.8. The number of rotatable bonds is 7. The van der Waals surface area contributed by atoms with Gasteiger partial charge in [0.15, 0.2) is 0 Å². The van der Waals surface area contributed by atoms with Gasteiger partial charge in [0.1, 0.15) is 4.90 Å². The number of benzene rings is 2. The Morgan fingerprint density at radius 2 is 1.96 bits per heavy atom. The summed E-state index contributed by atoms with van der Waals surface area (Å²) in [6.45, 7) is 1.84. The number of sulfonamides is 1. The second-order valence-electron chi connectivity index (χ2n) is 7.17. The number of para-hydroxylation sites is 1. The number of hydrogen-bond acceptors (Lipinski definition) is 3. The van der Waals surface area contributed by atoms with Gasteiger partial charge in [-0.1, -0.05) is 29.8 Å². The molecule has 0 fully saturated rings. The van der Waals surface area contributed by atoms with Crippen molar-refractivity contribution in [3.63, 3.8) is 0 Å². The molecule has 1 amide bonds. The molecule has 2 N–H and O–H groups in total. The number of hydrogen-bond donors (Lipinski definition) is 2. The van der Waals surface area contributed by atoms with Crippen LogP contribution in [-0.4, -0.2) is 48.1 Å². The van der Waals surface area contributed by atoms with Gasteiger partial charge < -0.3 is 10.2 Å². The van der Waals surface area contributed by atoms with Crippen LogP contribution in [0, 0.1) is 0 Å². The molecule has 28 heavy (non-hydrogen) atoms. The lowest BCUT2D eigenvalue weighted by molar-refractivity contribution is -0.858. The highest BCUT2D eigenvalue weighted by Crippen LogP contribution is 2.35. The van der Waals surface area contributed by atoms with Gasteiger partial charge in [-0.15, -0.1) is 0 Å². The first kappa shape index (κ1) is 20.6. The molecule has 0 spiro atoms. The van der Waals surface area contributed by atoms with Crippen molar-refractivity contribution in [3.8, 4) is 0 Å². The lowest BCUT2D eigenvalue weighted by Crippen LogP contribution is -3.05. The van der Waals surface area contributed by atoms with E-state index in [2.05, 4.69) is 19.4 Å². The molecule has 0 aliphatic carbocycles. The fourth-order valence-corrected chi connectivity index (χ4v) is 5.27. The molecule has 150 valence electrons. The summed E-state index contributed by atoms with van der Waals surface area (Å²) >= 11 is 6.21. The van der Waals surface area contributed by atoms with Gasteiger partial charge in [-0.25, -0.2) is 8.42 Å². The standard InChI is InChI=1S/C20H24ClN3O3S/c1-23(2)12-5-11-22-20(25)16-8-9-17(21)19(14-16)28(26,27)24-13-10-15-6-3-4-7-18(15)24/h3-4,6-9,14H,5,10-13H2,1-2H3,(H,22,25)/p+1. The van der Waals surface area contributed by atoms with Crippen molar-refractivity contribution < 1.29 is 18.1 Å². The van der Waals surface area contributed by atoms with Crippen LogP contribution in [-0.2, 0) is 16.4 Å². The van der Waals surface area contributed by atoms with E-state index < -0.39 is 10.0 Å². The number of carbonyl (C=O) groups is 1. The van der Waals surface area contributed by atoms with Crippen molar-refractivity contribution in [3.05, 3.63) is 58.6 Å². The summed E-state index contributed by atoms with van der Waals surface area (Å²) in [4.78, 5) is 13.7. The van der Waals surface area contributed by atoms with Crippen LogP contribution in [0.1, 0.15) is 22.3 Å². The SMILES string of the molecule is C[NH+](C)CCCNC(=O)c1ccc(Cl)c(S(=O)(=O)N2CCc3ccccc32)c1. The lowest BCUT2D eigenvalue weighted by Gasteiger charge is -2.20. The minimum Gasteiger partial charge on any atom is -0.352 e. The lowest BCUT2D eigenvalue weighted by atomic mass is 10.2. The molecule has 1 aliphatic heterocycles. The summed E-state index contributed by atoms with van der Waals surface area (Å²) in [7, 11) is 0.243. The third-order valence-electron chi connectivity index (χ3n) is 4.75. The van der Waals surface area contributed by atoms with E-state index in [9.17, 15) is 13.2 Å². The molecule has 8 heteroatoms. The van der Waals surface area contributed by atoms with Crippen LogP contribution in [0.4, 0.5) is 5.69 Å². The number of quaternary nitrogens is 1. The van der Waals surface area contributed by atoms with Crippen molar-refractivity contribution in [2.45, 2.75) is 17.7 Å². The van der Waals surface area contributed by atoms with E-state index in [-0.39, 0.29) is 21.4 Å². The predicted molar refractivity (Wildman–Crippen MR) is 111 cm³/mol. The fraction of sp³-hybridized carbons (Fsp3) is 0.350. The van der Waals surface area contributed by atoms with E-state index in [1.54, 1.807) is 12.1 Å². The number of carbonyl (C=O) groups excluding carboxylic acids is 1. The first-order chi connectivity index (χ1) is 13.3. The van der Waals surface area contributed by atoms with Crippen LogP contribution in [0.15, 0.2) is 47.4 Å². The third kappa shape index (κ3) is 4.32. The van der Waals surface area contributed by atoms with Gasteiger partial charge in [0.05, 0.1) is 31.4 Å². The van der Waals surface area contributed by atoms with Crippen LogP contribution in [0.25, 0.3) is 0 Å². The molecule has 0 bridgehead atoms. The maximum atomic E-state index is 13.2. The molecular formula is C20H25ClN3O3S+. The van der Waals surface area contributed by atoms with Crippen molar-refractivity contribution in [2.75, 3.05) is 38.0 Å². The molecule has 0 radical (unpaired) electrons. The molecule has 1 aliphatic rings. The van der Waals surface area contributed by atoms with Crippen molar-refractivity contribution in [1.29, 1.82) is 0 Å². The minimum absolute atomic E-state index is 0.0451. The quantitative estimate of drug-likeness (QED) is 0.662. The number of anilines is 1. The van der Waals surface area contributed by atoms with E-state index in [0.29, 0.717) is 25.2 Å². The number of nitrogens with one attached hydrogen (secondary N) is 2. The molecule has 0 atom stereocenters. The molecule has 0 aromatic heterocycles. The average Bonchev–Trinajstić information content (AvgIpc) is 3.10. The zero-order chi connectivity index (χ0) is 20.3. The highest BCUT2D eigenvalue weighted by molar-refractivity contribution is 7.93. The summed E-state index contributed by atoms with van der Waals surface area (Å²) in [6.07, 6.45) is 1.50. The molecule has 0 saturated heterocycles. The van der Waals surface area contributed by atoms with Gasteiger partial charge in [-0.3, -0.25) is 9.10 Å². The Balaban J connectivity index is 1.82. The second-order valence-corrected chi connectivity index (χ2v) is 9.41. The molecule has 3 rings (SSSR count). The Morgan fingerprint density at radius 1 is 1.21 bits per heavy atom. The van der Waals surface area contributed by atoms with E-state index in [0.717, 1.165) is 18.5 Å². The first-order valence-electron chi connectivity index (χ1n) is 9.28. The van der Waals surface area contributed by atoms with Gasteiger partial charge in [0.2, 0.25) is 0 Å². The largest absolute Gasteiger partial charge is 0.352 e. The highest BCUT2D eigenvalue weighted by Gasteiger charge is 2.32. The highest BCUT2D eigenvalue weighted by atomic mass is 35.5. The van der Waals surface area contributed by atoms with E-state index in [4.69, 9.17) is 11.6 Å². The maximum Gasteiger partial charge on any atom is 0.265 e. The van der Waals surface area contributed by atoms with Gasteiger partial charge in [0, 0.05) is 25.1 Å². The topological polar surface area (TPSA) is 70.9 Å². The molecule has 2 aromatic rings.